The van der Waals surface area contributed by atoms with Crippen LogP contribution < -0.4 is 10.2 Å². The Morgan fingerprint density at radius 3 is 2.78 bits per heavy atom. The van der Waals surface area contributed by atoms with E-state index in [-0.39, 0.29) is 17.8 Å². The van der Waals surface area contributed by atoms with Crippen molar-refractivity contribution in [2.24, 2.45) is 5.92 Å². The normalized spacial score (nSPS) is 15.9. The molecule has 8 nitrogen and oxygen atoms in total. The molecule has 1 amide bonds. The maximum Gasteiger partial charge on any atom is 0.309 e. The van der Waals surface area contributed by atoms with Gasteiger partial charge in [0.25, 0.3) is 0 Å². The van der Waals surface area contributed by atoms with E-state index in [9.17, 15) is 9.59 Å². The molecule has 0 saturated carbocycles. The van der Waals surface area contributed by atoms with Crippen LogP contribution in [0.2, 0.25) is 0 Å². The van der Waals surface area contributed by atoms with Gasteiger partial charge in [0, 0.05) is 36.4 Å². The van der Waals surface area contributed by atoms with Crippen LogP contribution in [0.3, 0.4) is 0 Å². The maximum atomic E-state index is 12.4. The van der Waals surface area contributed by atoms with Gasteiger partial charge in [-0.15, -0.1) is 0 Å². The van der Waals surface area contributed by atoms with Crippen LogP contribution in [-0.2, 0) is 14.3 Å². The molecule has 0 aliphatic carbocycles. The summed E-state index contributed by atoms with van der Waals surface area (Å²) in [6.45, 7) is 7.23. The second-order valence-corrected chi connectivity index (χ2v) is 9.04. The zero-order valence-electron chi connectivity index (χ0n) is 18.5. The van der Waals surface area contributed by atoms with Crippen LogP contribution in [0.1, 0.15) is 33.1 Å². The molecule has 2 aliphatic rings. The quantitative estimate of drug-likeness (QED) is 0.540. The van der Waals surface area contributed by atoms with E-state index in [1.165, 1.54) is 0 Å². The van der Waals surface area contributed by atoms with E-state index in [0.29, 0.717) is 13.2 Å². The topological polar surface area (TPSA) is 87.7 Å². The molecule has 1 saturated heterocycles. The lowest BCUT2D eigenvalue weighted by atomic mass is 9.97. The van der Waals surface area contributed by atoms with E-state index in [1.54, 1.807) is 31.1 Å². The monoisotopic (exact) mass is 455 g/mol. The molecule has 1 fully saturated rings. The lowest BCUT2D eigenvalue weighted by Crippen LogP contribution is -2.39. The zero-order valence-corrected chi connectivity index (χ0v) is 19.4. The number of piperidine rings is 1. The maximum absolute atomic E-state index is 12.4. The Bertz CT molecular complexity index is 978. The zero-order chi connectivity index (χ0) is 22.5. The van der Waals surface area contributed by atoms with Gasteiger partial charge >= 0.3 is 5.97 Å². The van der Waals surface area contributed by atoms with Crippen LogP contribution in [0.5, 0.6) is 0 Å². The molecule has 2 aromatic rings. The van der Waals surface area contributed by atoms with Gasteiger partial charge in [0.05, 0.1) is 18.2 Å². The van der Waals surface area contributed by atoms with Gasteiger partial charge < -0.3 is 19.9 Å². The fraction of sp³-hybridized carbons (Fsp3) is 0.478. The number of carbonyl (C=O) groups excluding carboxylic acids is 2. The third-order valence-corrected chi connectivity index (χ3v) is 6.91. The van der Waals surface area contributed by atoms with E-state index in [1.807, 2.05) is 30.0 Å². The number of fused-ring (bicyclic) bond motifs is 2. The summed E-state index contributed by atoms with van der Waals surface area (Å²) in [7, 11) is 0. The fourth-order valence-electron chi connectivity index (χ4n) is 4.16. The van der Waals surface area contributed by atoms with Crippen LogP contribution in [-0.4, -0.2) is 59.5 Å². The summed E-state index contributed by atoms with van der Waals surface area (Å²) in [5.41, 5.74) is 1.81. The predicted octanol–water partition coefficient (Wildman–Crippen LogP) is 3.70. The number of esters is 1. The summed E-state index contributed by atoms with van der Waals surface area (Å²) in [6.07, 6.45) is 5.90. The van der Waals surface area contributed by atoms with E-state index in [4.69, 9.17) is 4.74 Å². The highest BCUT2D eigenvalue weighted by atomic mass is 32.2. The van der Waals surface area contributed by atoms with Crippen molar-refractivity contribution in [2.75, 3.05) is 43.0 Å². The van der Waals surface area contributed by atoms with Crippen molar-refractivity contribution < 1.29 is 14.3 Å². The minimum Gasteiger partial charge on any atom is -0.466 e. The number of rotatable bonds is 7. The second kappa shape index (κ2) is 10.3. The first kappa shape index (κ1) is 22.5. The molecule has 1 aromatic carbocycles. The van der Waals surface area contributed by atoms with Gasteiger partial charge in [-0.3, -0.25) is 9.59 Å². The number of nitrogens with zero attached hydrogens (tertiary/aromatic N) is 4. The second-order valence-electron chi connectivity index (χ2n) is 8.01. The van der Waals surface area contributed by atoms with E-state index in [0.717, 1.165) is 66.0 Å². The Morgan fingerprint density at radius 1 is 1.25 bits per heavy atom. The predicted molar refractivity (Wildman–Crippen MR) is 124 cm³/mol. The van der Waals surface area contributed by atoms with Gasteiger partial charge in [-0.25, -0.2) is 9.97 Å². The minimum atomic E-state index is -0.0670. The number of nitrogens with one attached hydrogen (secondary N) is 1. The van der Waals surface area contributed by atoms with E-state index < -0.39 is 0 Å². The van der Waals surface area contributed by atoms with Gasteiger partial charge in [-0.05, 0) is 64.0 Å². The number of amides is 1. The van der Waals surface area contributed by atoms with Gasteiger partial charge in [0.15, 0.2) is 5.82 Å². The smallest absolute Gasteiger partial charge is 0.309 e. The third-order valence-electron chi connectivity index (χ3n) is 5.84. The van der Waals surface area contributed by atoms with Gasteiger partial charge in [0.1, 0.15) is 5.03 Å². The molecule has 32 heavy (non-hydrogen) atoms. The molecule has 170 valence electrons. The largest absolute Gasteiger partial charge is 0.466 e. The highest BCUT2D eigenvalue weighted by molar-refractivity contribution is 7.99. The molecule has 0 atom stereocenters. The number of aromatic nitrogens is 2. The summed E-state index contributed by atoms with van der Waals surface area (Å²) < 4.78 is 5.15. The molecular formula is C23H29N5O3S. The summed E-state index contributed by atoms with van der Waals surface area (Å²) in [6, 6.07) is 6.02. The lowest BCUT2D eigenvalue weighted by molar-refractivity contribution is -0.149. The van der Waals surface area contributed by atoms with Crippen LogP contribution >= 0.6 is 11.8 Å². The Labute approximate surface area is 192 Å². The van der Waals surface area contributed by atoms with Crippen molar-refractivity contribution in [1.29, 1.82) is 0 Å². The van der Waals surface area contributed by atoms with Gasteiger partial charge in [0.2, 0.25) is 5.91 Å². The number of ether oxygens (including phenoxy) is 1. The number of anilines is 3. The Hall–Kier alpha value is -2.65. The molecule has 9 heteroatoms. The van der Waals surface area contributed by atoms with Crippen LogP contribution in [0, 0.1) is 5.92 Å². The standard InChI is InChI=1S/C23H29N5O3S/c1-3-31-23(30)17-7-13-27(14-8-17)11-4-12-28(16(2)29)18-5-6-20-19(15-18)26-21-22(32-20)25-10-9-24-21/h5-6,9-10,15,17H,3-4,7-8,11-14H2,1-2H3,(H,24,26). The van der Waals surface area contributed by atoms with Crippen molar-refractivity contribution in [3.8, 4) is 0 Å². The first-order valence-corrected chi connectivity index (χ1v) is 11.9. The fourth-order valence-corrected chi connectivity index (χ4v) is 5.04. The van der Waals surface area contributed by atoms with Crippen molar-refractivity contribution >= 4 is 40.8 Å². The molecule has 2 aliphatic heterocycles. The molecule has 0 spiro atoms. The molecule has 0 bridgehead atoms. The first-order valence-electron chi connectivity index (χ1n) is 11.1. The van der Waals surface area contributed by atoms with Crippen molar-refractivity contribution in [3.05, 3.63) is 30.6 Å². The van der Waals surface area contributed by atoms with E-state index >= 15 is 0 Å². The molecule has 0 unspecified atom stereocenters. The summed E-state index contributed by atoms with van der Waals surface area (Å²) in [5, 5.41) is 4.18. The third kappa shape index (κ3) is 5.21. The molecule has 3 heterocycles. The highest BCUT2D eigenvalue weighted by Gasteiger charge is 2.26. The van der Waals surface area contributed by atoms with Gasteiger partial charge in [-0.2, -0.15) is 0 Å². The van der Waals surface area contributed by atoms with Gasteiger partial charge in [-0.1, -0.05) is 11.8 Å². The number of carbonyl (C=O) groups is 2. The van der Waals surface area contributed by atoms with Crippen molar-refractivity contribution in [1.82, 2.24) is 14.9 Å². The van der Waals surface area contributed by atoms with Crippen molar-refractivity contribution in [2.45, 2.75) is 43.0 Å². The number of hydrogen-bond donors (Lipinski definition) is 1. The van der Waals surface area contributed by atoms with Crippen LogP contribution in [0.15, 0.2) is 40.5 Å². The van der Waals surface area contributed by atoms with Crippen LogP contribution in [0.25, 0.3) is 0 Å². The van der Waals surface area contributed by atoms with Crippen molar-refractivity contribution in [3.63, 3.8) is 0 Å². The first-order chi connectivity index (χ1) is 15.5. The summed E-state index contributed by atoms with van der Waals surface area (Å²) in [5.74, 6) is 0.718. The molecule has 1 aromatic heterocycles. The average Bonchev–Trinajstić information content (AvgIpc) is 2.80. The number of likely N-dealkylation sites (tertiary alicyclic amines) is 1. The van der Waals surface area contributed by atoms with E-state index in [2.05, 4.69) is 20.2 Å². The highest BCUT2D eigenvalue weighted by Crippen LogP contribution is 2.43. The molecular weight excluding hydrogens is 426 g/mol. The minimum absolute atomic E-state index is 0.0228. The number of benzene rings is 1. The molecule has 0 radical (unpaired) electrons. The SMILES string of the molecule is CCOC(=O)C1CCN(CCCN(C(C)=O)c2ccc3c(c2)Nc2nccnc2S3)CC1. The van der Waals surface area contributed by atoms with Crippen LogP contribution in [0.4, 0.5) is 17.2 Å². The molecule has 1 N–H and O–H groups in total. The Kier molecular flexibility index (Phi) is 7.26. The Balaban J connectivity index is 1.32. The summed E-state index contributed by atoms with van der Waals surface area (Å²) in [4.78, 5) is 38.3. The Morgan fingerprint density at radius 2 is 2.03 bits per heavy atom. The lowest BCUT2D eigenvalue weighted by Gasteiger charge is -2.31. The number of hydrogen-bond acceptors (Lipinski definition) is 8. The average molecular weight is 456 g/mol. The molecule has 4 rings (SSSR count). The summed E-state index contributed by atoms with van der Waals surface area (Å²) >= 11 is 1.57.